The van der Waals surface area contributed by atoms with Gasteiger partial charge in [-0.1, -0.05) is 6.07 Å². The maximum atomic E-state index is 12.5. The molecule has 0 saturated carbocycles. The number of nitrogens with one attached hydrogen (secondary N) is 2. The van der Waals surface area contributed by atoms with Gasteiger partial charge in [-0.2, -0.15) is 0 Å². The van der Waals surface area contributed by atoms with Crippen molar-refractivity contribution in [3.05, 3.63) is 54.4 Å². The maximum Gasteiger partial charge on any atom is 0.321 e. The van der Waals surface area contributed by atoms with Gasteiger partial charge in [0.1, 0.15) is 0 Å². The van der Waals surface area contributed by atoms with Crippen LogP contribution in [0.1, 0.15) is 12.5 Å². The molecule has 1 aromatic carbocycles. The van der Waals surface area contributed by atoms with E-state index in [1.54, 1.807) is 30.6 Å². The van der Waals surface area contributed by atoms with Crippen molar-refractivity contribution in [1.82, 2.24) is 14.8 Å². The number of amides is 3. The van der Waals surface area contributed by atoms with Gasteiger partial charge in [-0.15, -0.1) is 0 Å². The molecule has 0 spiro atoms. The lowest BCUT2D eigenvalue weighted by atomic mass is 10.2. The molecule has 1 aromatic heterocycles. The number of nitrogens with zero attached hydrogens (tertiary/aromatic N) is 3. The fraction of sp³-hybridized carbons (Fsp3) is 0.316. The lowest BCUT2D eigenvalue weighted by Gasteiger charge is -2.34. The molecule has 0 atom stereocenters. The predicted molar refractivity (Wildman–Crippen MR) is 101 cm³/mol. The highest BCUT2D eigenvalue weighted by molar-refractivity contribution is 5.92. The Morgan fingerprint density at radius 2 is 1.65 bits per heavy atom. The Bertz CT molecular complexity index is 758. The van der Waals surface area contributed by atoms with Crippen LogP contribution >= 0.6 is 0 Å². The van der Waals surface area contributed by atoms with E-state index in [0.29, 0.717) is 24.5 Å². The Kier molecular flexibility index (Phi) is 5.80. The quantitative estimate of drug-likeness (QED) is 0.885. The van der Waals surface area contributed by atoms with Crippen LogP contribution in [0, 0.1) is 0 Å². The second kappa shape index (κ2) is 8.44. The number of aromatic nitrogens is 1. The molecule has 1 saturated heterocycles. The van der Waals surface area contributed by atoms with Crippen molar-refractivity contribution in [2.75, 3.05) is 36.8 Å². The van der Waals surface area contributed by atoms with Crippen LogP contribution in [0.2, 0.25) is 0 Å². The van der Waals surface area contributed by atoms with Crippen LogP contribution < -0.4 is 10.6 Å². The molecule has 1 aliphatic heterocycles. The number of hydrogen-bond donors (Lipinski definition) is 2. The van der Waals surface area contributed by atoms with E-state index in [-0.39, 0.29) is 11.9 Å². The summed E-state index contributed by atoms with van der Waals surface area (Å²) in [5, 5.41) is 5.61. The Morgan fingerprint density at radius 1 is 1.00 bits per heavy atom. The van der Waals surface area contributed by atoms with Crippen LogP contribution in [-0.4, -0.2) is 52.9 Å². The lowest BCUT2D eigenvalue weighted by molar-refractivity contribution is -0.114. The Balaban J connectivity index is 1.50. The van der Waals surface area contributed by atoms with Gasteiger partial charge in [0.25, 0.3) is 0 Å². The van der Waals surface area contributed by atoms with Crippen LogP contribution in [0.25, 0.3) is 0 Å². The van der Waals surface area contributed by atoms with Crippen LogP contribution in [0.5, 0.6) is 0 Å². The molecule has 3 amide bonds. The normalized spacial score (nSPS) is 14.7. The third-order valence-corrected chi connectivity index (χ3v) is 4.25. The number of anilines is 2. The van der Waals surface area contributed by atoms with Crippen LogP contribution in [0.4, 0.5) is 16.2 Å². The van der Waals surface area contributed by atoms with Crippen molar-refractivity contribution in [2.24, 2.45) is 0 Å². The molecule has 2 N–H and O–H groups in total. The topological polar surface area (TPSA) is 77.6 Å². The smallest absolute Gasteiger partial charge is 0.321 e. The molecule has 0 unspecified atom stereocenters. The number of hydrogen-bond acceptors (Lipinski definition) is 4. The standard InChI is InChI=1S/C19H23N5O2/c1-15(25)21-17-3-2-4-18(13-17)22-19(26)24-11-9-23(10-12-24)14-16-5-7-20-8-6-16/h2-8,13H,9-12,14H2,1H3,(H,21,25)(H,22,26). The van der Waals surface area contributed by atoms with Crippen LogP contribution in [0.3, 0.4) is 0 Å². The highest BCUT2D eigenvalue weighted by Gasteiger charge is 2.21. The van der Waals surface area contributed by atoms with Gasteiger partial charge in [-0.05, 0) is 35.9 Å². The number of urea groups is 1. The zero-order chi connectivity index (χ0) is 18.4. The number of benzene rings is 1. The number of pyridine rings is 1. The molecular formula is C19H23N5O2. The number of carbonyl (C=O) groups excluding carboxylic acids is 2. The molecule has 7 heteroatoms. The summed E-state index contributed by atoms with van der Waals surface area (Å²) in [4.78, 5) is 31.8. The minimum Gasteiger partial charge on any atom is -0.326 e. The zero-order valence-electron chi connectivity index (χ0n) is 14.8. The number of carbonyl (C=O) groups is 2. The summed E-state index contributed by atoms with van der Waals surface area (Å²) in [5.74, 6) is -0.140. The molecular weight excluding hydrogens is 330 g/mol. The maximum absolute atomic E-state index is 12.5. The summed E-state index contributed by atoms with van der Waals surface area (Å²) in [7, 11) is 0. The molecule has 26 heavy (non-hydrogen) atoms. The molecule has 0 bridgehead atoms. The molecule has 7 nitrogen and oxygen atoms in total. The molecule has 3 rings (SSSR count). The highest BCUT2D eigenvalue weighted by Crippen LogP contribution is 2.16. The van der Waals surface area contributed by atoms with Crippen molar-refractivity contribution in [3.8, 4) is 0 Å². The van der Waals surface area contributed by atoms with E-state index in [2.05, 4.69) is 20.5 Å². The van der Waals surface area contributed by atoms with Gasteiger partial charge in [0.05, 0.1) is 0 Å². The van der Waals surface area contributed by atoms with E-state index < -0.39 is 0 Å². The first-order valence-electron chi connectivity index (χ1n) is 8.65. The van der Waals surface area contributed by atoms with Gasteiger partial charge in [-0.3, -0.25) is 14.7 Å². The van der Waals surface area contributed by atoms with E-state index in [4.69, 9.17) is 0 Å². The van der Waals surface area contributed by atoms with Gasteiger partial charge < -0.3 is 15.5 Å². The summed E-state index contributed by atoms with van der Waals surface area (Å²) in [6.45, 7) is 5.36. The molecule has 136 valence electrons. The Hall–Kier alpha value is -2.93. The average Bonchev–Trinajstić information content (AvgIpc) is 2.63. The first kappa shape index (κ1) is 17.9. The summed E-state index contributed by atoms with van der Waals surface area (Å²) >= 11 is 0. The molecule has 1 aliphatic rings. The van der Waals surface area contributed by atoms with Gasteiger partial charge in [-0.25, -0.2) is 4.79 Å². The molecule has 2 aromatic rings. The minimum absolute atomic E-state index is 0.117. The lowest BCUT2D eigenvalue weighted by Crippen LogP contribution is -2.49. The monoisotopic (exact) mass is 353 g/mol. The second-order valence-electron chi connectivity index (χ2n) is 6.31. The largest absolute Gasteiger partial charge is 0.326 e. The molecule has 2 heterocycles. The zero-order valence-corrected chi connectivity index (χ0v) is 14.8. The van der Waals surface area contributed by atoms with Crippen molar-refractivity contribution in [3.63, 3.8) is 0 Å². The fourth-order valence-electron chi connectivity index (χ4n) is 2.94. The van der Waals surface area contributed by atoms with Gasteiger partial charge in [0.2, 0.25) is 5.91 Å². The fourth-order valence-corrected chi connectivity index (χ4v) is 2.94. The molecule has 0 aliphatic carbocycles. The SMILES string of the molecule is CC(=O)Nc1cccc(NC(=O)N2CCN(Cc3ccncc3)CC2)c1. The van der Waals surface area contributed by atoms with Gasteiger partial charge in [0, 0.05) is 63.4 Å². The average molecular weight is 353 g/mol. The third kappa shape index (κ3) is 5.03. The van der Waals surface area contributed by atoms with E-state index >= 15 is 0 Å². The highest BCUT2D eigenvalue weighted by atomic mass is 16.2. The van der Waals surface area contributed by atoms with Crippen LogP contribution in [-0.2, 0) is 11.3 Å². The van der Waals surface area contributed by atoms with Crippen LogP contribution in [0.15, 0.2) is 48.8 Å². The van der Waals surface area contributed by atoms with Crippen molar-refractivity contribution in [1.29, 1.82) is 0 Å². The Labute approximate surface area is 153 Å². The van der Waals surface area contributed by atoms with E-state index in [0.717, 1.165) is 19.6 Å². The summed E-state index contributed by atoms with van der Waals surface area (Å²) < 4.78 is 0. The number of rotatable bonds is 4. The van der Waals surface area contributed by atoms with Crippen molar-refractivity contribution >= 4 is 23.3 Å². The first-order chi connectivity index (χ1) is 12.6. The van der Waals surface area contributed by atoms with Crippen molar-refractivity contribution in [2.45, 2.75) is 13.5 Å². The van der Waals surface area contributed by atoms with Crippen molar-refractivity contribution < 1.29 is 9.59 Å². The molecule has 1 fully saturated rings. The first-order valence-corrected chi connectivity index (χ1v) is 8.65. The van der Waals surface area contributed by atoms with Gasteiger partial charge >= 0.3 is 6.03 Å². The molecule has 0 radical (unpaired) electrons. The summed E-state index contributed by atoms with van der Waals surface area (Å²) in [6.07, 6.45) is 3.60. The third-order valence-electron chi connectivity index (χ3n) is 4.25. The van der Waals surface area contributed by atoms with E-state index in [1.807, 2.05) is 23.1 Å². The van der Waals surface area contributed by atoms with Gasteiger partial charge in [0.15, 0.2) is 0 Å². The number of piperazine rings is 1. The predicted octanol–water partition coefficient (Wildman–Crippen LogP) is 2.39. The Morgan fingerprint density at radius 3 is 2.31 bits per heavy atom. The summed E-state index contributed by atoms with van der Waals surface area (Å²) in [5.41, 5.74) is 2.56. The summed E-state index contributed by atoms with van der Waals surface area (Å²) in [6, 6.07) is 11.1. The minimum atomic E-state index is -0.140. The van der Waals surface area contributed by atoms with E-state index in [9.17, 15) is 9.59 Å². The second-order valence-corrected chi connectivity index (χ2v) is 6.31. The van der Waals surface area contributed by atoms with E-state index in [1.165, 1.54) is 12.5 Å².